The van der Waals surface area contributed by atoms with Gasteiger partial charge in [-0.05, 0) is 17.7 Å². The molecule has 21 heavy (non-hydrogen) atoms. The number of carbonyl (C=O) groups excluding carboxylic acids is 1. The van der Waals surface area contributed by atoms with E-state index in [0.717, 1.165) is 10.6 Å². The molecule has 0 saturated heterocycles. The van der Waals surface area contributed by atoms with E-state index in [2.05, 4.69) is 0 Å². The molecule has 0 radical (unpaired) electrons. The minimum absolute atomic E-state index is 0.336. The normalized spacial score (nSPS) is 10.2. The first-order valence-corrected chi connectivity index (χ1v) is 7.64. The zero-order chi connectivity index (χ0) is 15.2. The predicted molar refractivity (Wildman–Crippen MR) is 85.3 cm³/mol. The third-order valence-corrected chi connectivity index (χ3v) is 4.18. The summed E-state index contributed by atoms with van der Waals surface area (Å²) in [6.07, 6.45) is 0. The average molecular weight is 323 g/mol. The lowest BCUT2D eigenvalue weighted by molar-refractivity contribution is 0.0596. The van der Waals surface area contributed by atoms with Gasteiger partial charge >= 0.3 is 5.97 Å². The molecule has 0 saturated carbocycles. The van der Waals surface area contributed by atoms with Crippen LogP contribution in [0.1, 0.15) is 15.9 Å². The van der Waals surface area contributed by atoms with E-state index < -0.39 is 5.97 Å². The summed E-state index contributed by atoms with van der Waals surface area (Å²) in [7, 11) is 2.86. The van der Waals surface area contributed by atoms with Gasteiger partial charge in [0.15, 0.2) is 0 Å². The van der Waals surface area contributed by atoms with Crippen molar-refractivity contribution in [2.45, 2.75) is 10.6 Å². The second-order valence-corrected chi connectivity index (χ2v) is 5.70. The van der Waals surface area contributed by atoms with E-state index in [4.69, 9.17) is 21.1 Å². The van der Waals surface area contributed by atoms with E-state index in [9.17, 15) is 4.79 Å². The van der Waals surface area contributed by atoms with Gasteiger partial charge in [0.25, 0.3) is 0 Å². The fourth-order valence-corrected chi connectivity index (χ4v) is 3.22. The molecule has 0 spiro atoms. The molecule has 0 aromatic heterocycles. The first-order chi connectivity index (χ1) is 10.2. The number of esters is 1. The number of thioether (sulfide) groups is 1. The molecule has 0 heterocycles. The van der Waals surface area contributed by atoms with Gasteiger partial charge in [-0.25, -0.2) is 4.79 Å². The lowest BCUT2D eigenvalue weighted by Gasteiger charge is -2.13. The molecule has 0 N–H and O–H groups in total. The van der Waals surface area contributed by atoms with Gasteiger partial charge in [0.2, 0.25) is 0 Å². The maximum atomic E-state index is 11.8. The molecule has 0 aliphatic heterocycles. The van der Waals surface area contributed by atoms with Crippen molar-refractivity contribution in [3.63, 3.8) is 0 Å². The first kappa shape index (κ1) is 15.7. The quantitative estimate of drug-likeness (QED) is 0.602. The Balaban J connectivity index is 2.30. The molecule has 0 unspecified atom stereocenters. The number of hydrogen-bond donors (Lipinski definition) is 0. The largest absolute Gasteiger partial charge is 0.495 e. The Kier molecular flexibility index (Phi) is 5.53. The third-order valence-electron chi connectivity index (χ3n) is 2.87. The molecular formula is C16H15ClO3S. The SMILES string of the molecule is COC(=O)c1cc(Cl)cc(SCc2ccccc2)c1OC. The molecular weight excluding hydrogens is 308 g/mol. The van der Waals surface area contributed by atoms with Crippen molar-refractivity contribution in [1.82, 2.24) is 0 Å². The number of methoxy groups -OCH3 is 2. The van der Waals surface area contributed by atoms with Gasteiger partial charge in [-0.15, -0.1) is 11.8 Å². The Bertz CT molecular complexity index is 629. The van der Waals surface area contributed by atoms with Crippen LogP contribution in [0.15, 0.2) is 47.4 Å². The summed E-state index contributed by atoms with van der Waals surface area (Å²) in [4.78, 5) is 12.6. The van der Waals surface area contributed by atoms with Gasteiger partial charge in [0.1, 0.15) is 11.3 Å². The lowest BCUT2D eigenvalue weighted by atomic mass is 10.2. The minimum atomic E-state index is -0.462. The maximum absolute atomic E-state index is 11.8. The van der Waals surface area contributed by atoms with E-state index >= 15 is 0 Å². The van der Waals surface area contributed by atoms with Crippen LogP contribution in [0.2, 0.25) is 5.02 Å². The number of benzene rings is 2. The van der Waals surface area contributed by atoms with Crippen molar-refractivity contribution < 1.29 is 14.3 Å². The smallest absolute Gasteiger partial charge is 0.341 e. The van der Waals surface area contributed by atoms with E-state index in [-0.39, 0.29) is 0 Å². The summed E-state index contributed by atoms with van der Waals surface area (Å²) in [5, 5.41) is 0.478. The fraction of sp³-hybridized carbons (Fsp3) is 0.188. The summed E-state index contributed by atoms with van der Waals surface area (Å²) in [6.45, 7) is 0. The molecule has 0 aliphatic rings. The Morgan fingerprint density at radius 2 is 1.90 bits per heavy atom. The lowest BCUT2D eigenvalue weighted by Crippen LogP contribution is -2.05. The summed E-state index contributed by atoms with van der Waals surface area (Å²) >= 11 is 7.65. The van der Waals surface area contributed by atoms with Crippen molar-refractivity contribution in [1.29, 1.82) is 0 Å². The molecule has 3 nitrogen and oxygen atoms in total. The van der Waals surface area contributed by atoms with E-state index in [1.54, 1.807) is 23.9 Å². The number of carbonyl (C=O) groups is 1. The van der Waals surface area contributed by atoms with Crippen LogP contribution in [0, 0.1) is 0 Å². The van der Waals surface area contributed by atoms with Crippen molar-refractivity contribution in [2.75, 3.05) is 14.2 Å². The molecule has 0 aliphatic carbocycles. The monoisotopic (exact) mass is 322 g/mol. The molecule has 5 heteroatoms. The Morgan fingerprint density at radius 1 is 1.19 bits per heavy atom. The third kappa shape index (κ3) is 3.93. The van der Waals surface area contributed by atoms with Crippen LogP contribution < -0.4 is 4.74 Å². The number of halogens is 1. The van der Waals surface area contributed by atoms with E-state index in [1.807, 2.05) is 30.3 Å². The summed E-state index contributed by atoms with van der Waals surface area (Å²) in [5.74, 6) is 0.793. The molecule has 110 valence electrons. The Labute approximate surface area is 133 Å². The molecule has 2 aromatic rings. The topological polar surface area (TPSA) is 35.5 Å². The number of ether oxygens (including phenoxy) is 2. The zero-order valence-corrected chi connectivity index (χ0v) is 13.3. The van der Waals surface area contributed by atoms with Gasteiger partial charge in [0.05, 0.1) is 19.1 Å². The summed E-state index contributed by atoms with van der Waals surface area (Å²) in [6, 6.07) is 13.4. The van der Waals surface area contributed by atoms with Crippen molar-refractivity contribution in [3.8, 4) is 5.75 Å². The molecule has 0 amide bonds. The predicted octanol–water partition coefficient (Wildman–Crippen LogP) is 4.43. The van der Waals surface area contributed by atoms with Crippen molar-refractivity contribution in [3.05, 3.63) is 58.6 Å². The second kappa shape index (κ2) is 7.38. The van der Waals surface area contributed by atoms with Crippen LogP contribution in [-0.2, 0) is 10.5 Å². The van der Waals surface area contributed by atoms with Gasteiger partial charge in [-0.1, -0.05) is 41.9 Å². The van der Waals surface area contributed by atoms with Gasteiger partial charge in [0, 0.05) is 10.8 Å². The fourth-order valence-electron chi connectivity index (χ4n) is 1.88. The van der Waals surface area contributed by atoms with Crippen LogP contribution >= 0.6 is 23.4 Å². The molecule has 0 fully saturated rings. The highest BCUT2D eigenvalue weighted by Gasteiger charge is 2.18. The first-order valence-electron chi connectivity index (χ1n) is 6.28. The maximum Gasteiger partial charge on any atom is 0.341 e. The van der Waals surface area contributed by atoms with Gasteiger partial charge in [-0.2, -0.15) is 0 Å². The summed E-state index contributed by atoms with van der Waals surface area (Å²) in [5.41, 5.74) is 1.52. The van der Waals surface area contributed by atoms with Crippen molar-refractivity contribution >= 4 is 29.3 Å². The Hall–Kier alpha value is -1.65. The highest BCUT2D eigenvalue weighted by molar-refractivity contribution is 7.98. The second-order valence-electron chi connectivity index (χ2n) is 4.25. The summed E-state index contributed by atoms with van der Waals surface area (Å²) < 4.78 is 10.1. The average Bonchev–Trinajstić information content (AvgIpc) is 2.52. The van der Waals surface area contributed by atoms with E-state index in [1.165, 1.54) is 19.8 Å². The van der Waals surface area contributed by atoms with E-state index in [0.29, 0.717) is 16.3 Å². The number of rotatable bonds is 5. The standard InChI is InChI=1S/C16H15ClO3S/c1-19-15-13(16(18)20-2)8-12(17)9-14(15)21-10-11-6-4-3-5-7-11/h3-9H,10H2,1-2H3. The highest BCUT2D eigenvalue weighted by Crippen LogP contribution is 2.37. The number of hydrogen-bond acceptors (Lipinski definition) is 4. The molecule has 0 bridgehead atoms. The van der Waals surface area contributed by atoms with Crippen molar-refractivity contribution in [2.24, 2.45) is 0 Å². The molecule has 0 atom stereocenters. The van der Waals surface area contributed by atoms with Gasteiger partial charge < -0.3 is 9.47 Å². The van der Waals surface area contributed by atoms with Gasteiger partial charge in [-0.3, -0.25) is 0 Å². The van der Waals surface area contributed by atoms with Crippen LogP contribution in [0.25, 0.3) is 0 Å². The Morgan fingerprint density at radius 3 is 2.52 bits per heavy atom. The minimum Gasteiger partial charge on any atom is -0.495 e. The van der Waals surface area contributed by atoms with Crippen LogP contribution in [-0.4, -0.2) is 20.2 Å². The molecule has 2 rings (SSSR count). The van der Waals surface area contributed by atoms with Crippen LogP contribution in [0.5, 0.6) is 5.75 Å². The highest BCUT2D eigenvalue weighted by atomic mass is 35.5. The zero-order valence-electron chi connectivity index (χ0n) is 11.8. The van der Waals surface area contributed by atoms with Crippen LogP contribution in [0.3, 0.4) is 0 Å². The van der Waals surface area contributed by atoms with Crippen LogP contribution in [0.4, 0.5) is 0 Å². The molecule has 2 aromatic carbocycles.